The Morgan fingerprint density at radius 1 is 1.62 bits per heavy atom. The van der Waals surface area contributed by atoms with E-state index in [1.807, 2.05) is 11.4 Å². The molecule has 0 saturated carbocycles. The van der Waals surface area contributed by atoms with Gasteiger partial charge in [-0.3, -0.25) is 0 Å². The summed E-state index contributed by atoms with van der Waals surface area (Å²) in [7, 11) is 0. The maximum atomic E-state index is 3.24. The van der Waals surface area contributed by atoms with Gasteiger partial charge in [0.25, 0.3) is 0 Å². The second kappa shape index (κ2) is 6.40. The Hall–Kier alpha value is 1.28. The molecule has 8 heavy (non-hydrogen) atoms. The van der Waals surface area contributed by atoms with Crippen LogP contribution in [0.25, 0.3) is 0 Å². The molecule has 4 heteroatoms. The molecule has 0 aromatic carbocycles. The molecule has 0 atom stereocenters. The minimum atomic E-state index is 0. The molecular weight excluding hydrogens is 305 g/mol. The zero-order chi connectivity index (χ0) is 4.41. The number of hydrogen-bond donors (Lipinski definition) is 0. The normalized spacial score (nSPS) is 6.62. The molecule has 0 spiro atoms. The second-order valence-electron chi connectivity index (χ2n) is 0.871. The van der Waals surface area contributed by atoms with Gasteiger partial charge in [0.2, 0.25) is 0 Å². The van der Waals surface area contributed by atoms with E-state index >= 15 is 0 Å². The summed E-state index contributed by atoms with van der Waals surface area (Å²) in [6, 6.07) is 1.96. The Balaban J connectivity index is 0. The van der Waals surface area contributed by atoms with Crippen LogP contribution in [0.5, 0.6) is 0 Å². The predicted octanol–water partition coefficient (Wildman–Crippen LogP) is -0.688. The van der Waals surface area contributed by atoms with Crippen LogP contribution < -0.4 is 17.0 Å². The molecule has 1 heterocycles. The van der Waals surface area contributed by atoms with Crippen LogP contribution in [0.2, 0.25) is 0 Å². The summed E-state index contributed by atoms with van der Waals surface area (Å²) in [5.74, 6) is 0. The summed E-state index contributed by atoms with van der Waals surface area (Å²) >= 11 is 4.80. The fourth-order valence-electron chi connectivity index (χ4n) is 0.218. The molecule has 0 amide bonds. The molecule has 0 fully saturated rings. The molecule has 0 nitrogen and oxygen atoms in total. The molecule has 1 rings (SSSR count). The first-order chi connectivity index (χ1) is 2.89. The molecule has 0 unspecified atom stereocenters. The Morgan fingerprint density at radius 2 is 2.25 bits per heavy atom. The topological polar surface area (TPSA) is 0 Å². The molecule has 0 saturated heterocycles. The monoisotopic (exact) mass is 304 g/mol. The van der Waals surface area contributed by atoms with Crippen LogP contribution in [-0.4, -0.2) is 0 Å². The summed E-state index contributed by atoms with van der Waals surface area (Å²) in [6.07, 6.45) is 0. The zero-order valence-corrected chi connectivity index (χ0v) is 11.0. The van der Waals surface area contributed by atoms with Gasteiger partial charge in [-0.1, -0.05) is 0 Å². The quantitative estimate of drug-likeness (QED) is 0.557. The SMILES string of the molecule is Brc1[c]scc1.[Br-].[Zn]. The molecular formula is C4H2Br2SZn-. The van der Waals surface area contributed by atoms with Gasteiger partial charge in [-0.2, -0.15) is 0 Å². The standard InChI is InChI=1S/C4H2BrS.BrH.Zn/c5-4-1-2-6-3-4;;/h1-2H;1H;/p-1. The van der Waals surface area contributed by atoms with Crippen LogP contribution in [-0.2, 0) is 19.5 Å². The molecule has 0 aliphatic rings. The summed E-state index contributed by atoms with van der Waals surface area (Å²) in [6.45, 7) is 0. The van der Waals surface area contributed by atoms with Crippen molar-refractivity contribution in [3.05, 3.63) is 21.3 Å². The number of thiophene rings is 1. The van der Waals surface area contributed by atoms with Gasteiger partial charge in [0.05, 0.1) is 5.38 Å². The van der Waals surface area contributed by atoms with E-state index in [1.165, 1.54) is 0 Å². The van der Waals surface area contributed by atoms with Crippen LogP contribution in [0.3, 0.4) is 0 Å². The molecule has 0 N–H and O–H groups in total. The van der Waals surface area contributed by atoms with E-state index in [4.69, 9.17) is 0 Å². The molecule has 41 valence electrons. The Labute approximate surface area is 84.3 Å². The third-order valence-corrected chi connectivity index (χ3v) is 1.77. The van der Waals surface area contributed by atoms with E-state index < -0.39 is 0 Å². The zero-order valence-electron chi connectivity index (χ0n) is 4.03. The van der Waals surface area contributed by atoms with Crippen molar-refractivity contribution in [1.29, 1.82) is 0 Å². The molecule has 1 aromatic heterocycles. The smallest absolute Gasteiger partial charge is 0.0596 e. The van der Waals surface area contributed by atoms with Gasteiger partial charge in [-0.25, -0.2) is 0 Å². The van der Waals surface area contributed by atoms with Crippen molar-refractivity contribution < 1.29 is 36.5 Å². The van der Waals surface area contributed by atoms with Gasteiger partial charge in [0, 0.05) is 24.0 Å². The summed E-state index contributed by atoms with van der Waals surface area (Å²) in [5.41, 5.74) is 0. The maximum Gasteiger partial charge on any atom is 0.0596 e. The third kappa shape index (κ3) is 4.19. The molecule has 1 aromatic rings. The van der Waals surface area contributed by atoms with Crippen molar-refractivity contribution in [3.63, 3.8) is 0 Å². The Bertz CT molecular complexity index is 118. The van der Waals surface area contributed by atoms with Crippen molar-refractivity contribution in [2.45, 2.75) is 0 Å². The van der Waals surface area contributed by atoms with Gasteiger partial charge in [-0.15, -0.1) is 11.3 Å². The third-order valence-electron chi connectivity index (χ3n) is 0.439. The van der Waals surface area contributed by atoms with Crippen molar-refractivity contribution in [3.8, 4) is 0 Å². The van der Waals surface area contributed by atoms with Crippen LogP contribution in [0, 0.1) is 5.38 Å². The van der Waals surface area contributed by atoms with Gasteiger partial charge < -0.3 is 17.0 Å². The van der Waals surface area contributed by atoms with E-state index in [0.29, 0.717) is 0 Å². The van der Waals surface area contributed by atoms with Crippen molar-refractivity contribution in [1.82, 2.24) is 0 Å². The van der Waals surface area contributed by atoms with Crippen molar-refractivity contribution >= 4 is 27.3 Å². The molecule has 0 bridgehead atoms. The number of halogens is 2. The fourth-order valence-corrected chi connectivity index (χ4v) is 1.26. The van der Waals surface area contributed by atoms with E-state index in [-0.39, 0.29) is 36.5 Å². The largest absolute Gasteiger partial charge is 1.00 e. The Kier molecular flexibility index (Phi) is 9.61. The van der Waals surface area contributed by atoms with Crippen LogP contribution in [0.1, 0.15) is 0 Å². The van der Waals surface area contributed by atoms with Crippen LogP contribution in [0.4, 0.5) is 0 Å². The van der Waals surface area contributed by atoms with Gasteiger partial charge >= 0.3 is 0 Å². The van der Waals surface area contributed by atoms with E-state index in [0.717, 1.165) is 4.47 Å². The summed E-state index contributed by atoms with van der Waals surface area (Å²) in [4.78, 5) is 0. The second-order valence-corrected chi connectivity index (χ2v) is 2.44. The maximum absolute atomic E-state index is 3.24. The number of hydrogen-bond acceptors (Lipinski definition) is 1. The summed E-state index contributed by atoms with van der Waals surface area (Å²) < 4.78 is 1.05. The Morgan fingerprint density at radius 3 is 2.38 bits per heavy atom. The van der Waals surface area contributed by atoms with Crippen LogP contribution >= 0.6 is 27.3 Å². The fraction of sp³-hybridized carbons (Fsp3) is 0. The van der Waals surface area contributed by atoms with E-state index in [9.17, 15) is 0 Å². The predicted molar refractivity (Wildman–Crippen MR) is 30.9 cm³/mol. The van der Waals surface area contributed by atoms with Crippen LogP contribution in [0.15, 0.2) is 15.9 Å². The minimum Gasteiger partial charge on any atom is -1.00 e. The molecule has 0 aliphatic heterocycles. The van der Waals surface area contributed by atoms with Crippen molar-refractivity contribution in [2.75, 3.05) is 0 Å². The van der Waals surface area contributed by atoms with Gasteiger partial charge in [0.1, 0.15) is 0 Å². The summed E-state index contributed by atoms with van der Waals surface area (Å²) in [5, 5.41) is 4.93. The van der Waals surface area contributed by atoms with E-state index in [1.54, 1.807) is 11.3 Å². The van der Waals surface area contributed by atoms with Gasteiger partial charge in [0.15, 0.2) is 0 Å². The molecule has 0 aliphatic carbocycles. The van der Waals surface area contributed by atoms with Gasteiger partial charge in [-0.05, 0) is 27.4 Å². The first-order valence-corrected chi connectivity index (χ1v) is 3.17. The first-order valence-electron chi connectivity index (χ1n) is 1.50. The first kappa shape index (κ1) is 12.0. The van der Waals surface area contributed by atoms with Crippen molar-refractivity contribution in [2.24, 2.45) is 0 Å². The number of rotatable bonds is 0. The minimum absolute atomic E-state index is 0. The average Bonchev–Trinajstić information content (AvgIpc) is 1.86. The van der Waals surface area contributed by atoms with E-state index in [2.05, 4.69) is 21.3 Å². The molecule has 1 radical (unpaired) electrons. The average molecular weight is 307 g/mol.